The molecular formula is C20H25ClN2O4. The molecule has 1 aromatic carbocycles. The first-order valence-corrected chi connectivity index (χ1v) is 9.41. The maximum Gasteiger partial charge on any atom is 0.410 e. The molecule has 146 valence electrons. The Bertz CT molecular complexity index is 827. The summed E-state index contributed by atoms with van der Waals surface area (Å²) in [7, 11) is 1.60. The maximum absolute atomic E-state index is 12.2. The van der Waals surface area contributed by atoms with Gasteiger partial charge in [0, 0.05) is 43.6 Å². The number of likely N-dealkylation sites (tertiary alicyclic amines) is 1. The largest absolute Gasteiger partial charge is 0.493 e. The van der Waals surface area contributed by atoms with Crippen molar-refractivity contribution in [1.82, 2.24) is 9.88 Å². The average Bonchev–Trinajstić information content (AvgIpc) is 2.61. The van der Waals surface area contributed by atoms with Crippen molar-refractivity contribution in [3.63, 3.8) is 0 Å². The Hall–Kier alpha value is -2.21. The molecule has 1 aliphatic heterocycles. The van der Waals surface area contributed by atoms with Gasteiger partial charge in [0.2, 0.25) is 0 Å². The fourth-order valence-corrected chi connectivity index (χ4v) is 3.24. The van der Waals surface area contributed by atoms with Crippen molar-refractivity contribution in [2.75, 3.05) is 20.2 Å². The predicted octanol–water partition coefficient (Wildman–Crippen LogP) is 4.68. The Balaban J connectivity index is 1.68. The summed E-state index contributed by atoms with van der Waals surface area (Å²) in [5.74, 6) is 1.25. The highest BCUT2D eigenvalue weighted by atomic mass is 35.5. The zero-order chi connectivity index (χ0) is 19.6. The molecule has 0 unspecified atom stereocenters. The Labute approximate surface area is 164 Å². The standard InChI is InChI=1S/C20H25ClN2O4/c1-20(2,3)27-19(24)23-9-6-13(7-10-23)26-18-11-14-15(21)5-8-22-16(14)12-17(18)25-4/h5,8,11-13H,6-7,9-10H2,1-4H3. The number of halogens is 1. The average molecular weight is 393 g/mol. The molecule has 0 saturated carbocycles. The molecule has 1 amide bonds. The van der Waals surface area contributed by atoms with Gasteiger partial charge in [-0.2, -0.15) is 0 Å². The van der Waals surface area contributed by atoms with Gasteiger partial charge in [-0.15, -0.1) is 0 Å². The van der Waals surface area contributed by atoms with Crippen LogP contribution >= 0.6 is 11.6 Å². The van der Waals surface area contributed by atoms with E-state index in [-0.39, 0.29) is 12.2 Å². The number of carbonyl (C=O) groups is 1. The molecule has 7 heteroatoms. The lowest BCUT2D eigenvalue weighted by Gasteiger charge is -2.33. The Morgan fingerprint density at radius 2 is 1.93 bits per heavy atom. The number of methoxy groups -OCH3 is 1. The van der Waals surface area contributed by atoms with Gasteiger partial charge in [0.25, 0.3) is 0 Å². The molecule has 0 atom stereocenters. The topological polar surface area (TPSA) is 60.9 Å². The second-order valence-electron chi connectivity index (χ2n) is 7.60. The zero-order valence-electron chi connectivity index (χ0n) is 16.1. The molecule has 3 rings (SSSR count). The highest BCUT2D eigenvalue weighted by Crippen LogP contribution is 2.36. The molecule has 0 radical (unpaired) electrons. The smallest absolute Gasteiger partial charge is 0.410 e. The van der Waals surface area contributed by atoms with Crippen LogP contribution in [0, 0.1) is 0 Å². The summed E-state index contributed by atoms with van der Waals surface area (Å²) in [5, 5.41) is 1.44. The van der Waals surface area contributed by atoms with E-state index in [1.54, 1.807) is 24.3 Å². The summed E-state index contributed by atoms with van der Waals surface area (Å²) >= 11 is 6.28. The minimum atomic E-state index is -0.490. The predicted molar refractivity (Wildman–Crippen MR) is 105 cm³/mol. The summed E-state index contributed by atoms with van der Waals surface area (Å²) in [5.41, 5.74) is 0.266. The maximum atomic E-state index is 12.2. The van der Waals surface area contributed by atoms with Gasteiger partial charge in [-0.25, -0.2) is 4.79 Å². The number of ether oxygens (including phenoxy) is 3. The van der Waals surface area contributed by atoms with Crippen molar-refractivity contribution in [2.45, 2.75) is 45.3 Å². The fourth-order valence-electron chi connectivity index (χ4n) is 3.03. The van der Waals surface area contributed by atoms with Crippen LogP contribution < -0.4 is 9.47 Å². The van der Waals surface area contributed by atoms with Crippen LogP contribution in [0.25, 0.3) is 10.9 Å². The van der Waals surface area contributed by atoms with Crippen LogP contribution in [0.5, 0.6) is 11.5 Å². The molecule has 0 spiro atoms. The van der Waals surface area contributed by atoms with E-state index < -0.39 is 5.60 Å². The number of amides is 1. The third-order valence-corrected chi connectivity index (χ3v) is 4.69. The minimum Gasteiger partial charge on any atom is -0.493 e. The summed E-state index contributed by atoms with van der Waals surface area (Å²) in [6.45, 7) is 6.79. The molecule has 0 N–H and O–H groups in total. The molecule has 1 aliphatic rings. The molecule has 27 heavy (non-hydrogen) atoms. The molecule has 0 bridgehead atoms. The van der Waals surface area contributed by atoms with Crippen molar-refractivity contribution < 1.29 is 19.0 Å². The first kappa shape index (κ1) is 19.5. The summed E-state index contributed by atoms with van der Waals surface area (Å²) in [6, 6.07) is 5.44. The van der Waals surface area contributed by atoms with Crippen LogP contribution in [0.1, 0.15) is 33.6 Å². The molecule has 6 nitrogen and oxygen atoms in total. The molecular weight excluding hydrogens is 368 g/mol. The van der Waals surface area contributed by atoms with E-state index >= 15 is 0 Å². The van der Waals surface area contributed by atoms with Crippen molar-refractivity contribution >= 4 is 28.6 Å². The monoisotopic (exact) mass is 392 g/mol. The van der Waals surface area contributed by atoms with Gasteiger partial charge < -0.3 is 19.1 Å². The quantitative estimate of drug-likeness (QED) is 0.759. The Morgan fingerprint density at radius 3 is 2.56 bits per heavy atom. The third-order valence-electron chi connectivity index (χ3n) is 4.36. The van der Waals surface area contributed by atoms with Crippen LogP contribution in [0.15, 0.2) is 24.4 Å². The van der Waals surface area contributed by atoms with Crippen LogP contribution in [0.3, 0.4) is 0 Å². The number of piperidine rings is 1. The van der Waals surface area contributed by atoms with Gasteiger partial charge in [-0.05, 0) is 32.9 Å². The lowest BCUT2D eigenvalue weighted by Crippen LogP contribution is -2.44. The number of aromatic nitrogens is 1. The van der Waals surface area contributed by atoms with Crippen molar-refractivity contribution in [2.24, 2.45) is 0 Å². The van der Waals surface area contributed by atoms with Crippen LogP contribution in [-0.2, 0) is 4.74 Å². The van der Waals surface area contributed by atoms with Crippen LogP contribution in [-0.4, -0.2) is 47.9 Å². The van der Waals surface area contributed by atoms with Gasteiger partial charge in [-0.3, -0.25) is 4.98 Å². The highest BCUT2D eigenvalue weighted by molar-refractivity contribution is 6.35. The van der Waals surface area contributed by atoms with Gasteiger partial charge >= 0.3 is 6.09 Å². The van der Waals surface area contributed by atoms with E-state index in [0.29, 0.717) is 29.6 Å². The lowest BCUT2D eigenvalue weighted by atomic mass is 10.1. The number of pyridine rings is 1. The van der Waals surface area contributed by atoms with E-state index in [9.17, 15) is 4.79 Å². The number of benzene rings is 1. The Kier molecular flexibility index (Phi) is 5.65. The van der Waals surface area contributed by atoms with Crippen LogP contribution in [0.4, 0.5) is 4.79 Å². The molecule has 2 aromatic rings. The van der Waals surface area contributed by atoms with Crippen LogP contribution in [0.2, 0.25) is 5.02 Å². The number of rotatable bonds is 3. The van der Waals surface area contributed by atoms with E-state index in [2.05, 4.69) is 4.98 Å². The van der Waals surface area contributed by atoms with Crippen molar-refractivity contribution in [1.29, 1.82) is 0 Å². The molecule has 1 fully saturated rings. The second-order valence-corrected chi connectivity index (χ2v) is 8.00. The summed E-state index contributed by atoms with van der Waals surface area (Å²) < 4.78 is 17.1. The van der Waals surface area contributed by atoms with E-state index in [1.807, 2.05) is 32.9 Å². The van der Waals surface area contributed by atoms with Gasteiger partial charge in [0.05, 0.1) is 17.6 Å². The van der Waals surface area contributed by atoms with Crippen molar-refractivity contribution in [3.8, 4) is 11.5 Å². The van der Waals surface area contributed by atoms with Gasteiger partial charge in [0.15, 0.2) is 11.5 Å². The summed E-state index contributed by atoms with van der Waals surface area (Å²) in [4.78, 5) is 18.2. The number of nitrogens with zero attached hydrogens (tertiary/aromatic N) is 2. The number of carbonyl (C=O) groups excluding carboxylic acids is 1. The minimum absolute atomic E-state index is 0.00881. The zero-order valence-corrected chi connectivity index (χ0v) is 16.9. The lowest BCUT2D eigenvalue weighted by molar-refractivity contribution is 0.0124. The first-order chi connectivity index (χ1) is 12.8. The second kappa shape index (κ2) is 7.80. The number of hydrogen-bond acceptors (Lipinski definition) is 5. The number of hydrogen-bond donors (Lipinski definition) is 0. The molecule has 1 saturated heterocycles. The molecule has 0 aliphatic carbocycles. The first-order valence-electron chi connectivity index (χ1n) is 9.03. The van der Waals surface area contributed by atoms with Crippen molar-refractivity contribution in [3.05, 3.63) is 29.4 Å². The molecule has 1 aromatic heterocycles. The Morgan fingerprint density at radius 1 is 1.22 bits per heavy atom. The van der Waals surface area contributed by atoms with E-state index in [0.717, 1.165) is 23.7 Å². The molecule has 2 heterocycles. The van der Waals surface area contributed by atoms with Gasteiger partial charge in [-0.1, -0.05) is 11.6 Å². The highest BCUT2D eigenvalue weighted by Gasteiger charge is 2.28. The third kappa shape index (κ3) is 4.75. The van der Waals surface area contributed by atoms with E-state index in [4.69, 9.17) is 25.8 Å². The fraction of sp³-hybridized carbons (Fsp3) is 0.500. The number of fused-ring (bicyclic) bond motifs is 1. The van der Waals surface area contributed by atoms with E-state index in [1.165, 1.54) is 0 Å². The normalized spacial score (nSPS) is 15.7. The SMILES string of the molecule is COc1cc2nccc(Cl)c2cc1OC1CCN(C(=O)OC(C)(C)C)CC1. The van der Waals surface area contributed by atoms with Gasteiger partial charge in [0.1, 0.15) is 11.7 Å². The summed E-state index contributed by atoms with van der Waals surface area (Å²) in [6.07, 6.45) is 2.83.